The molecule has 158 valence electrons. The van der Waals surface area contributed by atoms with Crippen LogP contribution in [-0.4, -0.2) is 26.8 Å². The van der Waals surface area contributed by atoms with E-state index in [1.165, 1.54) is 42.5 Å². The van der Waals surface area contributed by atoms with E-state index >= 15 is 0 Å². The van der Waals surface area contributed by atoms with E-state index in [4.69, 9.17) is 5.10 Å². The number of rotatable bonds is 3. The van der Waals surface area contributed by atoms with Crippen LogP contribution in [-0.2, 0) is 13.0 Å². The van der Waals surface area contributed by atoms with Gasteiger partial charge in [-0.25, -0.2) is 0 Å². The van der Waals surface area contributed by atoms with Gasteiger partial charge in [0.25, 0.3) is 0 Å². The van der Waals surface area contributed by atoms with Gasteiger partial charge in [0, 0.05) is 28.9 Å². The molecule has 0 aliphatic heterocycles. The zero-order valence-electron chi connectivity index (χ0n) is 18.3. The van der Waals surface area contributed by atoms with E-state index in [1.807, 2.05) is 29.2 Å². The highest BCUT2D eigenvalue weighted by atomic mass is 16.3. The van der Waals surface area contributed by atoms with Crippen molar-refractivity contribution in [3.63, 3.8) is 0 Å². The number of aromatic nitrogens is 2. The number of hydrogen-bond donors (Lipinski definition) is 1. The molecule has 1 aromatic carbocycles. The number of hydrogen-bond acceptors (Lipinski definition) is 4. The van der Waals surface area contributed by atoms with Crippen LogP contribution in [0.2, 0.25) is 0 Å². The predicted octanol–water partition coefficient (Wildman–Crippen LogP) is 5.25. The molecule has 4 atom stereocenters. The summed E-state index contributed by atoms with van der Waals surface area (Å²) in [4.78, 5) is 0. The third-order valence-electron chi connectivity index (χ3n) is 8.27. The maximum absolute atomic E-state index is 9.87. The molecule has 5 nitrogen and oxygen atoms in total. The fourth-order valence-electron chi connectivity index (χ4n) is 6.59. The topological polar surface area (TPSA) is 62.8 Å². The molecule has 3 aliphatic carbocycles. The molecular formula is C25H32N4O. The number of phenolic OH excluding ortho intramolecular Hbond substituents is 1. The molecule has 1 aromatic heterocycles. The number of fused-ring (bicyclic) bond motifs is 5. The van der Waals surface area contributed by atoms with Gasteiger partial charge in [-0.15, -0.1) is 0 Å². The van der Waals surface area contributed by atoms with Crippen LogP contribution in [0.15, 0.2) is 34.6 Å². The summed E-state index contributed by atoms with van der Waals surface area (Å²) in [5, 5.41) is 23.5. The van der Waals surface area contributed by atoms with Gasteiger partial charge >= 0.3 is 0 Å². The van der Waals surface area contributed by atoms with E-state index in [1.54, 1.807) is 0 Å². The number of phenols is 1. The third kappa shape index (κ3) is 3.01. The van der Waals surface area contributed by atoms with Crippen LogP contribution in [0.3, 0.4) is 0 Å². The average molecular weight is 405 g/mol. The fraction of sp³-hybridized carbons (Fsp3) is 0.560. The van der Waals surface area contributed by atoms with E-state index in [-0.39, 0.29) is 5.41 Å². The monoisotopic (exact) mass is 404 g/mol. The Kier molecular flexibility index (Phi) is 4.79. The van der Waals surface area contributed by atoms with Crippen molar-refractivity contribution in [2.24, 2.45) is 27.5 Å². The largest absolute Gasteiger partial charge is 0.508 e. The summed E-state index contributed by atoms with van der Waals surface area (Å²) in [7, 11) is 0. The number of aromatic hydroxyl groups is 1. The van der Waals surface area contributed by atoms with Crippen molar-refractivity contribution in [1.82, 2.24) is 9.78 Å². The van der Waals surface area contributed by atoms with E-state index in [9.17, 15) is 5.11 Å². The Morgan fingerprint density at radius 2 is 2.13 bits per heavy atom. The van der Waals surface area contributed by atoms with Gasteiger partial charge < -0.3 is 5.11 Å². The smallest absolute Gasteiger partial charge is 0.115 e. The summed E-state index contributed by atoms with van der Waals surface area (Å²) < 4.78 is 1.99. The normalized spacial score (nSPS) is 31.7. The molecule has 3 aliphatic rings. The maximum Gasteiger partial charge on any atom is 0.115 e. The highest BCUT2D eigenvalue weighted by Gasteiger charge is 2.53. The first-order valence-corrected chi connectivity index (χ1v) is 11.5. The highest BCUT2D eigenvalue weighted by Crippen LogP contribution is 2.60. The van der Waals surface area contributed by atoms with E-state index in [0.717, 1.165) is 36.6 Å². The summed E-state index contributed by atoms with van der Waals surface area (Å²) in [6.45, 7) is 7.49. The van der Waals surface area contributed by atoms with Crippen LogP contribution < -0.4 is 0 Å². The standard InChI is InChI=1S/C25H32N4O/c1-4-29-16(2)18(15-27-29)14-26-28-24-10-9-23-22-7-5-17-13-19(30)6-8-20(17)21(22)11-12-25(23,24)3/h6,8,13-15,21-23,30H,4-5,7,9-12H2,1-3H3/b26-14-,28-24-/t21-,22-,23+,25-/m0/s1. The highest BCUT2D eigenvalue weighted by molar-refractivity contribution is 5.93. The lowest BCUT2D eigenvalue weighted by molar-refractivity contribution is 0.0955. The van der Waals surface area contributed by atoms with Crippen LogP contribution in [0.1, 0.15) is 74.3 Å². The average Bonchev–Trinajstić information content (AvgIpc) is 3.27. The molecule has 2 saturated carbocycles. The lowest BCUT2D eigenvalue weighted by Gasteiger charge is -2.49. The molecule has 2 fully saturated rings. The van der Waals surface area contributed by atoms with Crippen LogP contribution in [0, 0.1) is 24.2 Å². The van der Waals surface area contributed by atoms with Crippen molar-refractivity contribution in [2.75, 3.05) is 0 Å². The van der Waals surface area contributed by atoms with Crippen molar-refractivity contribution in [2.45, 2.75) is 71.8 Å². The van der Waals surface area contributed by atoms with Crippen LogP contribution >= 0.6 is 0 Å². The molecule has 0 spiro atoms. The fourth-order valence-corrected chi connectivity index (χ4v) is 6.59. The summed E-state index contributed by atoms with van der Waals surface area (Å²) in [5.74, 6) is 2.46. The molecule has 1 heterocycles. The maximum atomic E-state index is 9.87. The number of benzene rings is 1. The van der Waals surface area contributed by atoms with Gasteiger partial charge in [0.05, 0.1) is 12.4 Å². The van der Waals surface area contributed by atoms with Gasteiger partial charge in [0.2, 0.25) is 0 Å². The van der Waals surface area contributed by atoms with Crippen LogP contribution in [0.5, 0.6) is 5.75 Å². The first-order chi connectivity index (χ1) is 14.5. The van der Waals surface area contributed by atoms with Crippen LogP contribution in [0.25, 0.3) is 0 Å². The molecule has 0 radical (unpaired) electrons. The minimum absolute atomic E-state index is 0.176. The number of aryl methyl sites for hydroxylation is 2. The Balaban J connectivity index is 1.37. The molecule has 5 rings (SSSR count). The third-order valence-corrected chi connectivity index (χ3v) is 8.27. The summed E-state index contributed by atoms with van der Waals surface area (Å²) >= 11 is 0. The van der Waals surface area contributed by atoms with E-state index in [0.29, 0.717) is 17.6 Å². The molecular weight excluding hydrogens is 372 g/mol. The SMILES string of the molecule is CCn1ncc(/C=N\N=C2\CC[C@@H]3[C@H]4CCc5cc(O)ccc5[C@@H]4CC[C@]23C)c1C. The van der Waals surface area contributed by atoms with E-state index < -0.39 is 0 Å². The summed E-state index contributed by atoms with van der Waals surface area (Å²) in [5.41, 5.74) is 6.51. The number of nitrogens with zero attached hydrogens (tertiary/aromatic N) is 4. The van der Waals surface area contributed by atoms with E-state index in [2.05, 4.69) is 37.0 Å². The summed E-state index contributed by atoms with van der Waals surface area (Å²) in [6, 6.07) is 6.03. The molecule has 30 heavy (non-hydrogen) atoms. The Hall–Kier alpha value is -2.43. The van der Waals surface area contributed by atoms with Crippen molar-refractivity contribution < 1.29 is 5.11 Å². The van der Waals surface area contributed by atoms with Gasteiger partial charge in [-0.05, 0) is 93.4 Å². The first kappa shape index (κ1) is 19.5. The molecule has 2 aromatic rings. The van der Waals surface area contributed by atoms with Gasteiger partial charge in [0.15, 0.2) is 0 Å². The zero-order valence-corrected chi connectivity index (χ0v) is 18.3. The first-order valence-electron chi connectivity index (χ1n) is 11.5. The Morgan fingerprint density at radius 3 is 2.93 bits per heavy atom. The quantitative estimate of drug-likeness (QED) is 0.561. The predicted molar refractivity (Wildman–Crippen MR) is 120 cm³/mol. The van der Waals surface area contributed by atoms with Crippen molar-refractivity contribution >= 4 is 11.9 Å². The second-order valence-corrected chi connectivity index (χ2v) is 9.59. The second kappa shape index (κ2) is 7.36. The zero-order chi connectivity index (χ0) is 20.9. The Morgan fingerprint density at radius 1 is 1.27 bits per heavy atom. The van der Waals surface area contributed by atoms with Crippen LogP contribution in [0.4, 0.5) is 0 Å². The molecule has 5 heteroatoms. The summed E-state index contributed by atoms with van der Waals surface area (Å²) in [6.07, 6.45) is 10.7. The molecule has 0 saturated heterocycles. The van der Waals surface area contributed by atoms with Crippen molar-refractivity contribution in [3.8, 4) is 5.75 Å². The molecule has 0 amide bonds. The molecule has 1 N–H and O–H groups in total. The van der Waals surface area contributed by atoms with Gasteiger partial charge in [-0.3, -0.25) is 4.68 Å². The molecule has 0 bridgehead atoms. The Labute approximate surface area is 178 Å². The van der Waals surface area contributed by atoms with Gasteiger partial charge in [-0.1, -0.05) is 13.0 Å². The van der Waals surface area contributed by atoms with Gasteiger partial charge in [0.1, 0.15) is 5.75 Å². The molecule has 0 unspecified atom stereocenters. The minimum atomic E-state index is 0.176. The van der Waals surface area contributed by atoms with Crippen molar-refractivity contribution in [3.05, 3.63) is 46.8 Å². The minimum Gasteiger partial charge on any atom is -0.508 e. The second-order valence-electron chi connectivity index (χ2n) is 9.59. The van der Waals surface area contributed by atoms with Gasteiger partial charge in [-0.2, -0.15) is 15.3 Å². The lowest BCUT2D eigenvalue weighted by atomic mass is 9.55. The van der Waals surface area contributed by atoms with Crippen molar-refractivity contribution in [1.29, 1.82) is 0 Å². The lowest BCUT2D eigenvalue weighted by Crippen LogP contribution is -2.42. The Bertz CT molecular complexity index is 1020.